The second-order valence-electron chi connectivity index (χ2n) is 10.0. The van der Waals surface area contributed by atoms with Crippen LogP contribution in [0.4, 0.5) is 11.4 Å². The molecule has 204 valence electrons. The largest absolute Gasteiger partial charge is 0.392 e. The van der Waals surface area contributed by atoms with Gasteiger partial charge in [-0.05, 0) is 64.1 Å². The predicted molar refractivity (Wildman–Crippen MR) is 153 cm³/mol. The minimum atomic E-state index is -0.743. The van der Waals surface area contributed by atoms with Gasteiger partial charge >= 0.3 is 23.9 Å². The Morgan fingerprint density at radius 2 is 1.05 bits per heavy atom. The van der Waals surface area contributed by atoms with E-state index in [1.807, 2.05) is 97.1 Å². The molecule has 0 aromatic heterocycles. The lowest BCUT2D eigenvalue weighted by Crippen LogP contribution is -2.24. The highest BCUT2D eigenvalue weighted by Gasteiger charge is 2.34. The topological polar surface area (TPSA) is 111 Å². The fraction of sp³-hybridized carbons (Fsp3) is 0.152. The number of anilines is 2. The van der Waals surface area contributed by atoms with E-state index in [0.29, 0.717) is 12.1 Å². The molecule has 0 aliphatic carbocycles. The molecule has 2 unspecified atom stereocenters. The summed E-state index contributed by atoms with van der Waals surface area (Å²) in [6.07, 6.45) is 0.590. The van der Waals surface area contributed by atoms with Gasteiger partial charge in [-0.25, -0.2) is 9.59 Å². The summed E-state index contributed by atoms with van der Waals surface area (Å²) in [6.45, 7) is 0. The van der Waals surface area contributed by atoms with Gasteiger partial charge in [-0.1, -0.05) is 72.8 Å². The first kappa shape index (κ1) is 26.0. The molecule has 2 aliphatic heterocycles. The maximum atomic E-state index is 12.2. The third kappa shape index (κ3) is 5.72. The Bertz CT molecular complexity index is 1570. The van der Waals surface area contributed by atoms with Crippen molar-refractivity contribution >= 4 is 35.3 Å². The lowest BCUT2D eigenvalue weighted by Gasteiger charge is -2.20. The molecule has 2 heterocycles. The molecular weight excluding hydrogens is 520 g/mol. The highest BCUT2D eigenvalue weighted by Crippen LogP contribution is 2.38. The van der Waals surface area contributed by atoms with Crippen molar-refractivity contribution in [2.75, 3.05) is 10.6 Å². The van der Waals surface area contributed by atoms with Gasteiger partial charge in [-0.15, -0.1) is 0 Å². The molecule has 0 amide bonds. The zero-order valence-corrected chi connectivity index (χ0v) is 22.0. The van der Waals surface area contributed by atoms with E-state index in [-0.39, 0.29) is 12.8 Å². The number of ether oxygens (including phenoxy) is 2. The number of hydrogen-bond donors (Lipinski definition) is 2. The van der Waals surface area contributed by atoms with Gasteiger partial charge in [0.25, 0.3) is 0 Å². The van der Waals surface area contributed by atoms with Crippen LogP contribution in [0.1, 0.15) is 24.0 Å². The van der Waals surface area contributed by atoms with Crippen molar-refractivity contribution < 1.29 is 28.7 Å². The van der Waals surface area contributed by atoms with E-state index in [2.05, 4.69) is 15.4 Å². The van der Waals surface area contributed by atoms with Crippen molar-refractivity contribution in [2.24, 2.45) is 0 Å². The summed E-state index contributed by atoms with van der Waals surface area (Å²) >= 11 is 0. The first-order valence-corrected chi connectivity index (χ1v) is 13.3. The standard InChI is InChI=1S/C33H26N2O6/c36-30-18-28(32(38)40-30)34-23-13-11-20(12-14-23)15-27-25(21-7-3-1-4-8-21)16-24(35-29-19-31(37)41-33(29)39)17-26(27)22-9-5-2-6-10-22/h1-14,16-17,28-29,34-35H,15,18-19H2. The van der Waals surface area contributed by atoms with E-state index < -0.39 is 36.0 Å². The van der Waals surface area contributed by atoms with Crippen molar-refractivity contribution in [2.45, 2.75) is 31.3 Å². The molecule has 0 bridgehead atoms. The molecule has 0 radical (unpaired) electrons. The van der Waals surface area contributed by atoms with Crippen molar-refractivity contribution in [1.82, 2.24) is 0 Å². The van der Waals surface area contributed by atoms with E-state index >= 15 is 0 Å². The third-order valence-corrected chi connectivity index (χ3v) is 7.18. The molecule has 8 nitrogen and oxygen atoms in total. The van der Waals surface area contributed by atoms with Crippen LogP contribution in [0.3, 0.4) is 0 Å². The van der Waals surface area contributed by atoms with Gasteiger partial charge in [0.05, 0.1) is 12.8 Å². The molecule has 2 aliphatic rings. The molecule has 2 atom stereocenters. The van der Waals surface area contributed by atoms with Crippen LogP contribution < -0.4 is 10.6 Å². The number of benzene rings is 4. The summed E-state index contributed by atoms with van der Waals surface area (Å²) < 4.78 is 9.39. The van der Waals surface area contributed by atoms with Gasteiger partial charge in [-0.3, -0.25) is 9.59 Å². The highest BCUT2D eigenvalue weighted by molar-refractivity contribution is 5.99. The zero-order chi connectivity index (χ0) is 28.3. The van der Waals surface area contributed by atoms with Crippen LogP contribution in [0.2, 0.25) is 0 Å². The first-order chi connectivity index (χ1) is 19.9. The molecule has 2 fully saturated rings. The Morgan fingerprint density at radius 3 is 1.49 bits per heavy atom. The number of nitrogens with one attached hydrogen (secondary N) is 2. The lowest BCUT2D eigenvalue weighted by molar-refractivity contribution is -0.154. The smallest absolute Gasteiger partial charge is 0.336 e. The molecule has 4 aromatic carbocycles. The summed E-state index contributed by atoms with van der Waals surface area (Å²) in [5, 5.41) is 6.29. The molecule has 2 N–H and O–H groups in total. The SMILES string of the molecule is O=C1CC(Nc2ccc(Cc3c(-c4ccccc4)cc(NC4CC(=O)OC4=O)cc3-c3ccccc3)cc2)C(=O)O1. The summed E-state index contributed by atoms with van der Waals surface area (Å²) in [7, 11) is 0. The summed E-state index contributed by atoms with van der Waals surface area (Å²) in [5.41, 5.74) is 7.55. The minimum Gasteiger partial charge on any atom is -0.392 e. The number of rotatable bonds is 8. The van der Waals surface area contributed by atoms with Gasteiger partial charge < -0.3 is 20.1 Å². The number of carbonyl (C=O) groups excluding carboxylic acids is 4. The van der Waals surface area contributed by atoms with E-state index in [1.165, 1.54) is 0 Å². The summed E-state index contributed by atoms with van der Waals surface area (Å²) in [5.74, 6) is -2.21. The molecule has 6 rings (SSSR count). The van der Waals surface area contributed by atoms with E-state index in [1.54, 1.807) is 0 Å². The Hall–Kier alpha value is -5.24. The van der Waals surface area contributed by atoms with Gasteiger partial charge in [-0.2, -0.15) is 0 Å². The predicted octanol–water partition coefficient (Wildman–Crippen LogP) is 5.12. The summed E-state index contributed by atoms with van der Waals surface area (Å²) in [4.78, 5) is 47.2. The normalized spacial score (nSPS) is 18.2. The van der Waals surface area contributed by atoms with Crippen LogP contribution in [-0.2, 0) is 35.1 Å². The van der Waals surface area contributed by atoms with Crippen LogP contribution in [0.25, 0.3) is 22.3 Å². The summed E-state index contributed by atoms with van der Waals surface area (Å²) in [6, 6.07) is 30.3. The first-order valence-electron chi connectivity index (χ1n) is 13.3. The number of esters is 4. The van der Waals surface area contributed by atoms with Crippen LogP contribution in [0.5, 0.6) is 0 Å². The average molecular weight is 547 g/mol. The number of carbonyl (C=O) groups is 4. The maximum Gasteiger partial charge on any atom is 0.336 e. The number of hydrogen-bond acceptors (Lipinski definition) is 8. The fourth-order valence-electron chi connectivity index (χ4n) is 5.19. The van der Waals surface area contributed by atoms with Crippen molar-refractivity contribution in [3.05, 3.63) is 108 Å². The van der Waals surface area contributed by atoms with Crippen molar-refractivity contribution in [3.8, 4) is 22.3 Å². The van der Waals surface area contributed by atoms with E-state index in [9.17, 15) is 19.2 Å². The Morgan fingerprint density at radius 1 is 0.585 bits per heavy atom. The zero-order valence-electron chi connectivity index (χ0n) is 22.0. The van der Waals surface area contributed by atoms with Gasteiger partial charge in [0.1, 0.15) is 12.1 Å². The molecule has 41 heavy (non-hydrogen) atoms. The van der Waals surface area contributed by atoms with Crippen LogP contribution in [0, 0.1) is 0 Å². The molecule has 0 saturated carbocycles. The van der Waals surface area contributed by atoms with Gasteiger partial charge in [0, 0.05) is 11.4 Å². The minimum absolute atomic E-state index is 0.00851. The van der Waals surface area contributed by atoms with Gasteiger partial charge in [0.15, 0.2) is 0 Å². The third-order valence-electron chi connectivity index (χ3n) is 7.18. The molecule has 2 saturated heterocycles. The lowest BCUT2D eigenvalue weighted by atomic mass is 9.87. The second kappa shape index (κ2) is 11.1. The van der Waals surface area contributed by atoms with Crippen molar-refractivity contribution in [3.63, 3.8) is 0 Å². The Balaban J connectivity index is 1.38. The molecule has 0 spiro atoms. The average Bonchev–Trinajstić information content (AvgIpc) is 3.48. The highest BCUT2D eigenvalue weighted by atomic mass is 16.6. The maximum absolute atomic E-state index is 12.2. The second-order valence-corrected chi connectivity index (χ2v) is 10.0. The van der Waals surface area contributed by atoms with Crippen LogP contribution in [0.15, 0.2) is 97.1 Å². The number of cyclic esters (lactones) is 4. The van der Waals surface area contributed by atoms with E-state index in [0.717, 1.165) is 39.1 Å². The van der Waals surface area contributed by atoms with Crippen LogP contribution in [-0.4, -0.2) is 36.0 Å². The Kier molecular flexibility index (Phi) is 7.04. The van der Waals surface area contributed by atoms with Crippen molar-refractivity contribution in [1.29, 1.82) is 0 Å². The quantitative estimate of drug-likeness (QED) is 0.232. The van der Waals surface area contributed by atoms with E-state index in [4.69, 9.17) is 4.74 Å². The van der Waals surface area contributed by atoms with Gasteiger partial charge in [0.2, 0.25) is 0 Å². The molecule has 8 heteroatoms. The monoisotopic (exact) mass is 546 g/mol. The van der Waals surface area contributed by atoms with Crippen LogP contribution >= 0.6 is 0 Å². The molecule has 4 aromatic rings. The molecular formula is C33H26N2O6. The fourth-order valence-corrected chi connectivity index (χ4v) is 5.19. The Labute approximate surface area is 236 Å².